The van der Waals surface area contributed by atoms with E-state index in [0.717, 1.165) is 11.8 Å². The first-order valence-corrected chi connectivity index (χ1v) is 11.7. The summed E-state index contributed by atoms with van der Waals surface area (Å²) in [5.74, 6) is -0.466. The number of sulfonamides is 1. The minimum atomic E-state index is -3.60. The molecule has 1 aliphatic heterocycles. The Balaban J connectivity index is 1.62. The van der Waals surface area contributed by atoms with Crippen LogP contribution >= 0.6 is 11.8 Å². The van der Waals surface area contributed by atoms with Crippen LogP contribution in [-0.4, -0.2) is 60.9 Å². The predicted molar refractivity (Wildman–Crippen MR) is 116 cm³/mol. The van der Waals surface area contributed by atoms with Crippen LogP contribution in [0.25, 0.3) is 0 Å². The number of para-hydroxylation sites is 1. The number of amides is 2. The number of nitrogens with one attached hydrogen (secondary N) is 1. The van der Waals surface area contributed by atoms with Crippen LogP contribution in [0.3, 0.4) is 0 Å². The van der Waals surface area contributed by atoms with Gasteiger partial charge < -0.3 is 10.2 Å². The standard InChI is InChI=1S/C20H24N4O4S2/c1-23(2)20(26)29-18-8-4-3-7-17(18)22-19(25)15-9-12-24(13-10-15)30(27,28)16-6-5-11-21-14-16/h3-8,11,14-15H,9-10,12-13H2,1-2H3,(H,22,25). The smallest absolute Gasteiger partial charge is 0.286 e. The molecule has 0 bridgehead atoms. The summed E-state index contributed by atoms with van der Waals surface area (Å²) in [4.78, 5) is 31.0. The molecule has 1 aromatic carbocycles. The SMILES string of the molecule is CN(C)C(=O)Sc1ccccc1NC(=O)C1CCN(S(=O)(=O)c2cccnc2)CC1. The average Bonchev–Trinajstić information content (AvgIpc) is 2.75. The second kappa shape index (κ2) is 9.59. The quantitative estimate of drug-likeness (QED) is 0.706. The number of anilines is 1. The Kier molecular flexibility index (Phi) is 7.11. The predicted octanol–water partition coefficient (Wildman–Crippen LogP) is 2.89. The molecule has 10 heteroatoms. The molecule has 0 saturated carbocycles. The molecule has 2 amide bonds. The molecule has 1 N–H and O–H groups in total. The van der Waals surface area contributed by atoms with Crippen LogP contribution in [-0.2, 0) is 14.8 Å². The molecule has 0 unspecified atom stereocenters. The van der Waals surface area contributed by atoms with E-state index < -0.39 is 10.0 Å². The molecule has 2 aromatic rings. The van der Waals surface area contributed by atoms with Crippen LogP contribution in [0.2, 0.25) is 0 Å². The molecule has 1 saturated heterocycles. The second-order valence-corrected chi connectivity index (χ2v) is 10.0. The Morgan fingerprint density at radius 3 is 2.47 bits per heavy atom. The number of pyridine rings is 1. The van der Waals surface area contributed by atoms with Crippen molar-refractivity contribution >= 4 is 38.6 Å². The molecular weight excluding hydrogens is 424 g/mol. The van der Waals surface area contributed by atoms with Gasteiger partial charge in [0.15, 0.2) is 0 Å². The summed E-state index contributed by atoms with van der Waals surface area (Å²) < 4.78 is 26.8. The third-order valence-corrected chi connectivity index (χ3v) is 7.80. The van der Waals surface area contributed by atoms with Gasteiger partial charge in [-0.25, -0.2) is 8.42 Å². The van der Waals surface area contributed by atoms with Crippen LogP contribution in [0.4, 0.5) is 10.5 Å². The molecule has 0 atom stereocenters. The number of piperidine rings is 1. The summed E-state index contributed by atoms with van der Waals surface area (Å²) in [6.07, 6.45) is 3.71. The highest BCUT2D eigenvalue weighted by Crippen LogP contribution is 2.30. The Morgan fingerprint density at radius 1 is 1.13 bits per heavy atom. The molecule has 0 radical (unpaired) electrons. The fourth-order valence-corrected chi connectivity index (χ4v) is 5.27. The van der Waals surface area contributed by atoms with E-state index in [1.807, 2.05) is 6.07 Å². The van der Waals surface area contributed by atoms with Gasteiger partial charge >= 0.3 is 0 Å². The zero-order chi connectivity index (χ0) is 21.7. The number of rotatable bonds is 5. The highest BCUT2D eigenvalue weighted by atomic mass is 32.2. The zero-order valence-electron chi connectivity index (χ0n) is 16.8. The van der Waals surface area contributed by atoms with Crippen molar-refractivity contribution in [2.45, 2.75) is 22.6 Å². The Labute approximate surface area is 180 Å². The van der Waals surface area contributed by atoms with Crippen molar-refractivity contribution in [3.05, 3.63) is 48.8 Å². The summed E-state index contributed by atoms with van der Waals surface area (Å²) in [5.41, 5.74) is 0.577. The van der Waals surface area contributed by atoms with Gasteiger partial charge in [0.05, 0.1) is 5.69 Å². The van der Waals surface area contributed by atoms with Crippen molar-refractivity contribution in [3.8, 4) is 0 Å². The van der Waals surface area contributed by atoms with E-state index in [1.54, 1.807) is 38.4 Å². The van der Waals surface area contributed by atoms with Gasteiger partial charge in [-0.1, -0.05) is 12.1 Å². The largest absolute Gasteiger partial charge is 0.339 e. The molecule has 8 nitrogen and oxygen atoms in total. The van der Waals surface area contributed by atoms with Crippen molar-refractivity contribution in [3.63, 3.8) is 0 Å². The van der Waals surface area contributed by atoms with Crippen molar-refractivity contribution < 1.29 is 18.0 Å². The van der Waals surface area contributed by atoms with Gasteiger partial charge in [-0.15, -0.1) is 0 Å². The molecule has 1 fully saturated rings. The Bertz CT molecular complexity index is 1000. The summed E-state index contributed by atoms with van der Waals surface area (Å²) in [6.45, 7) is 0.537. The van der Waals surface area contributed by atoms with E-state index in [2.05, 4.69) is 10.3 Å². The first-order valence-electron chi connectivity index (χ1n) is 9.48. The number of benzene rings is 1. The summed E-state index contributed by atoms with van der Waals surface area (Å²) in [6, 6.07) is 10.2. The summed E-state index contributed by atoms with van der Waals surface area (Å²) in [5, 5.41) is 2.77. The van der Waals surface area contributed by atoms with E-state index in [1.165, 1.54) is 27.7 Å². The van der Waals surface area contributed by atoms with E-state index in [0.29, 0.717) is 23.4 Å². The maximum absolute atomic E-state index is 12.8. The van der Waals surface area contributed by atoms with Crippen LogP contribution < -0.4 is 5.32 Å². The topological polar surface area (TPSA) is 99.7 Å². The van der Waals surface area contributed by atoms with Gasteiger partial charge in [0, 0.05) is 50.4 Å². The second-order valence-electron chi connectivity index (χ2n) is 7.11. The van der Waals surface area contributed by atoms with Gasteiger partial charge in [0.1, 0.15) is 4.90 Å². The van der Waals surface area contributed by atoms with Gasteiger partial charge in [-0.05, 0) is 48.9 Å². The number of nitrogens with zero attached hydrogens (tertiary/aromatic N) is 3. The third-order valence-electron chi connectivity index (χ3n) is 4.80. The molecular formula is C20H24N4O4S2. The number of carbonyl (C=O) groups excluding carboxylic acids is 2. The maximum Gasteiger partial charge on any atom is 0.286 e. The number of aromatic nitrogens is 1. The molecule has 0 spiro atoms. The van der Waals surface area contributed by atoms with Crippen molar-refractivity contribution in [1.82, 2.24) is 14.2 Å². The fraction of sp³-hybridized carbons (Fsp3) is 0.350. The summed E-state index contributed by atoms with van der Waals surface area (Å²) >= 11 is 1.05. The van der Waals surface area contributed by atoms with Crippen molar-refractivity contribution in [2.75, 3.05) is 32.5 Å². The number of carbonyl (C=O) groups is 2. The Morgan fingerprint density at radius 2 is 1.83 bits per heavy atom. The fourth-order valence-electron chi connectivity index (χ4n) is 3.09. The third kappa shape index (κ3) is 5.18. The van der Waals surface area contributed by atoms with E-state index in [9.17, 15) is 18.0 Å². The lowest BCUT2D eigenvalue weighted by molar-refractivity contribution is -0.120. The number of thioether (sulfide) groups is 1. The molecule has 160 valence electrons. The first-order chi connectivity index (χ1) is 14.3. The summed E-state index contributed by atoms with van der Waals surface area (Å²) in [7, 11) is -0.264. The average molecular weight is 449 g/mol. The van der Waals surface area contributed by atoms with Crippen LogP contribution in [0.15, 0.2) is 58.6 Å². The lowest BCUT2D eigenvalue weighted by Crippen LogP contribution is -2.41. The first kappa shape index (κ1) is 22.3. The monoisotopic (exact) mass is 448 g/mol. The lowest BCUT2D eigenvalue weighted by atomic mass is 9.97. The van der Waals surface area contributed by atoms with Crippen LogP contribution in [0, 0.1) is 5.92 Å². The van der Waals surface area contributed by atoms with Crippen molar-refractivity contribution in [1.29, 1.82) is 0 Å². The van der Waals surface area contributed by atoms with Gasteiger partial charge in [0.2, 0.25) is 15.9 Å². The van der Waals surface area contributed by atoms with Crippen LogP contribution in [0.1, 0.15) is 12.8 Å². The molecule has 1 aliphatic rings. The highest BCUT2D eigenvalue weighted by Gasteiger charge is 2.32. The van der Waals surface area contributed by atoms with Gasteiger partial charge in [0.25, 0.3) is 5.24 Å². The zero-order valence-corrected chi connectivity index (χ0v) is 18.4. The minimum Gasteiger partial charge on any atom is -0.339 e. The number of hydrogen-bond donors (Lipinski definition) is 1. The molecule has 0 aliphatic carbocycles. The van der Waals surface area contributed by atoms with Crippen LogP contribution in [0.5, 0.6) is 0 Å². The van der Waals surface area contributed by atoms with E-state index >= 15 is 0 Å². The van der Waals surface area contributed by atoms with Crippen molar-refractivity contribution in [2.24, 2.45) is 5.92 Å². The van der Waals surface area contributed by atoms with Gasteiger partial charge in [-0.3, -0.25) is 14.6 Å². The minimum absolute atomic E-state index is 0.134. The van der Waals surface area contributed by atoms with Gasteiger partial charge in [-0.2, -0.15) is 4.31 Å². The normalized spacial score (nSPS) is 15.5. The highest BCUT2D eigenvalue weighted by molar-refractivity contribution is 8.13. The van der Waals surface area contributed by atoms with E-state index in [4.69, 9.17) is 0 Å². The Hall–Kier alpha value is -2.43. The molecule has 2 heterocycles. The molecule has 30 heavy (non-hydrogen) atoms. The lowest BCUT2D eigenvalue weighted by Gasteiger charge is -2.30. The van der Waals surface area contributed by atoms with E-state index in [-0.39, 0.29) is 35.0 Å². The molecule has 3 rings (SSSR count). The molecule has 1 aromatic heterocycles. The maximum atomic E-state index is 12.8. The number of hydrogen-bond acceptors (Lipinski definition) is 6.